The van der Waals surface area contributed by atoms with Gasteiger partial charge in [0.2, 0.25) is 0 Å². The zero-order chi connectivity index (χ0) is 13.1. The van der Waals surface area contributed by atoms with Crippen LogP contribution in [0.5, 0.6) is 5.75 Å². The molecule has 0 aromatic heterocycles. The first-order valence-corrected chi connectivity index (χ1v) is 6.24. The van der Waals surface area contributed by atoms with Crippen molar-refractivity contribution in [2.45, 2.75) is 13.5 Å². The first-order valence-electron chi connectivity index (χ1n) is 5.49. The lowest BCUT2D eigenvalue weighted by atomic mass is 10.2. The van der Waals surface area contributed by atoms with Crippen molar-refractivity contribution in [3.63, 3.8) is 0 Å². The van der Waals surface area contributed by atoms with Crippen molar-refractivity contribution in [2.24, 2.45) is 0 Å². The van der Waals surface area contributed by atoms with Gasteiger partial charge in [0.1, 0.15) is 12.4 Å². The van der Waals surface area contributed by atoms with Crippen LogP contribution in [-0.2, 0) is 6.61 Å². The summed E-state index contributed by atoms with van der Waals surface area (Å²) in [6.07, 6.45) is 0. The number of anilines is 1. The van der Waals surface area contributed by atoms with E-state index in [1.54, 1.807) is 12.1 Å². The normalized spacial score (nSPS) is 10.4. The van der Waals surface area contributed by atoms with Crippen molar-refractivity contribution in [2.75, 3.05) is 5.73 Å². The molecular weight excluding hydrogens is 269 g/mol. The molecular formula is C14H13Cl2NO. The summed E-state index contributed by atoms with van der Waals surface area (Å²) >= 11 is 11.7. The zero-order valence-corrected chi connectivity index (χ0v) is 11.4. The Kier molecular flexibility index (Phi) is 4.00. The third-order valence-electron chi connectivity index (χ3n) is 2.59. The van der Waals surface area contributed by atoms with Crippen molar-refractivity contribution in [3.8, 4) is 5.75 Å². The van der Waals surface area contributed by atoms with Gasteiger partial charge in [-0.2, -0.15) is 0 Å². The van der Waals surface area contributed by atoms with Crippen LogP contribution in [0, 0.1) is 6.92 Å². The highest BCUT2D eigenvalue weighted by molar-refractivity contribution is 6.33. The minimum Gasteiger partial charge on any atom is -0.489 e. The Hall–Kier alpha value is -1.38. The number of halogens is 2. The van der Waals surface area contributed by atoms with Crippen molar-refractivity contribution in [1.29, 1.82) is 0 Å². The number of rotatable bonds is 3. The van der Waals surface area contributed by atoms with Crippen LogP contribution in [0.25, 0.3) is 0 Å². The van der Waals surface area contributed by atoms with Gasteiger partial charge in [0.15, 0.2) is 0 Å². The fraction of sp³-hybridized carbons (Fsp3) is 0.143. The molecule has 0 aliphatic carbocycles. The molecule has 0 aliphatic heterocycles. The SMILES string of the molecule is Cc1cc(Cl)ccc1OCc1ccc(Cl)c(N)c1. The smallest absolute Gasteiger partial charge is 0.122 e. The van der Waals surface area contributed by atoms with E-state index < -0.39 is 0 Å². The summed E-state index contributed by atoms with van der Waals surface area (Å²) in [6, 6.07) is 11.0. The number of ether oxygens (including phenoxy) is 1. The second-order valence-electron chi connectivity index (χ2n) is 4.05. The molecule has 0 radical (unpaired) electrons. The van der Waals surface area contributed by atoms with Gasteiger partial charge < -0.3 is 10.5 Å². The highest BCUT2D eigenvalue weighted by atomic mass is 35.5. The molecule has 18 heavy (non-hydrogen) atoms. The summed E-state index contributed by atoms with van der Waals surface area (Å²) < 4.78 is 5.72. The number of benzene rings is 2. The van der Waals surface area contributed by atoms with Gasteiger partial charge in [-0.1, -0.05) is 29.3 Å². The summed E-state index contributed by atoms with van der Waals surface area (Å²) in [4.78, 5) is 0. The Morgan fingerprint density at radius 2 is 1.89 bits per heavy atom. The first kappa shape index (κ1) is 13.1. The van der Waals surface area contributed by atoms with Crippen LogP contribution in [0.1, 0.15) is 11.1 Å². The van der Waals surface area contributed by atoms with E-state index in [0.29, 0.717) is 22.3 Å². The van der Waals surface area contributed by atoms with Crippen molar-refractivity contribution in [1.82, 2.24) is 0 Å². The monoisotopic (exact) mass is 281 g/mol. The van der Waals surface area contributed by atoms with Crippen LogP contribution in [0.2, 0.25) is 10.0 Å². The Morgan fingerprint density at radius 3 is 2.56 bits per heavy atom. The molecule has 0 bridgehead atoms. The maximum Gasteiger partial charge on any atom is 0.122 e. The number of aryl methyl sites for hydroxylation is 1. The van der Waals surface area contributed by atoms with E-state index in [4.69, 9.17) is 33.7 Å². The van der Waals surface area contributed by atoms with Crippen molar-refractivity contribution >= 4 is 28.9 Å². The molecule has 0 fully saturated rings. The average Bonchev–Trinajstić information content (AvgIpc) is 2.32. The lowest BCUT2D eigenvalue weighted by molar-refractivity contribution is 0.304. The standard InChI is InChI=1S/C14H13Cl2NO/c1-9-6-11(15)3-5-14(9)18-8-10-2-4-12(16)13(17)7-10/h2-7H,8,17H2,1H3. The summed E-state index contributed by atoms with van der Waals surface area (Å²) in [5.41, 5.74) is 8.28. The summed E-state index contributed by atoms with van der Waals surface area (Å²) in [5, 5.41) is 1.26. The number of nitrogens with two attached hydrogens (primary N) is 1. The van der Waals surface area contributed by atoms with Crippen LogP contribution in [0.15, 0.2) is 36.4 Å². The third kappa shape index (κ3) is 3.09. The molecule has 2 rings (SSSR count). The molecule has 0 amide bonds. The van der Waals surface area contributed by atoms with Gasteiger partial charge in [-0.25, -0.2) is 0 Å². The van der Waals surface area contributed by atoms with Crippen molar-refractivity contribution in [3.05, 3.63) is 57.6 Å². The predicted octanol–water partition coefficient (Wildman–Crippen LogP) is 4.46. The van der Waals surface area contributed by atoms with Gasteiger partial charge in [-0.3, -0.25) is 0 Å². The highest BCUT2D eigenvalue weighted by Gasteiger charge is 2.02. The zero-order valence-electron chi connectivity index (χ0n) is 9.91. The second-order valence-corrected chi connectivity index (χ2v) is 4.90. The van der Waals surface area contributed by atoms with Crippen LogP contribution in [0.4, 0.5) is 5.69 Å². The average molecular weight is 282 g/mol. The van der Waals surface area contributed by atoms with Gasteiger partial charge in [0, 0.05) is 5.02 Å². The molecule has 0 atom stereocenters. The summed E-state index contributed by atoms with van der Waals surface area (Å²) in [6.45, 7) is 2.40. The quantitative estimate of drug-likeness (QED) is 0.843. The molecule has 0 heterocycles. The number of nitrogen functional groups attached to an aromatic ring is 1. The van der Waals surface area contributed by atoms with Crippen molar-refractivity contribution < 1.29 is 4.74 Å². The molecule has 4 heteroatoms. The lowest BCUT2D eigenvalue weighted by Gasteiger charge is -2.10. The van der Waals surface area contributed by atoms with E-state index in [1.165, 1.54) is 0 Å². The van der Waals surface area contributed by atoms with Gasteiger partial charge in [0.05, 0.1) is 10.7 Å². The first-order chi connectivity index (χ1) is 8.56. The van der Waals surface area contributed by atoms with Crippen LogP contribution in [0.3, 0.4) is 0 Å². The van der Waals surface area contributed by atoms with Gasteiger partial charge in [0.25, 0.3) is 0 Å². The Balaban J connectivity index is 2.09. The molecule has 0 saturated heterocycles. The molecule has 0 spiro atoms. The van der Waals surface area contributed by atoms with E-state index in [0.717, 1.165) is 16.9 Å². The number of hydrogen-bond acceptors (Lipinski definition) is 2. The second kappa shape index (κ2) is 5.51. The van der Waals surface area contributed by atoms with Gasteiger partial charge in [-0.05, 0) is 48.4 Å². The van der Waals surface area contributed by atoms with E-state index >= 15 is 0 Å². The van der Waals surface area contributed by atoms with E-state index in [9.17, 15) is 0 Å². The largest absolute Gasteiger partial charge is 0.489 e. The minimum absolute atomic E-state index is 0.448. The molecule has 0 unspecified atom stereocenters. The Bertz CT molecular complexity index is 570. The van der Waals surface area contributed by atoms with E-state index in [1.807, 2.05) is 31.2 Å². The Morgan fingerprint density at radius 1 is 1.11 bits per heavy atom. The molecule has 2 nitrogen and oxygen atoms in total. The summed E-state index contributed by atoms with van der Waals surface area (Å²) in [7, 11) is 0. The highest BCUT2D eigenvalue weighted by Crippen LogP contribution is 2.24. The number of hydrogen-bond donors (Lipinski definition) is 1. The molecule has 2 aromatic carbocycles. The summed E-state index contributed by atoms with van der Waals surface area (Å²) in [5.74, 6) is 0.813. The maximum absolute atomic E-state index is 5.89. The molecule has 2 aromatic rings. The predicted molar refractivity (Wildman–Crippen MR) is 76.4 cm³/mol. The topological polar surface area (TPSA) is 35.2 Å². The maximum atomic E-state index is 5.89. The molecule has 0 saturated carbocycles. The third-order valence-corrected chi connectivity index (χ3v) is 3.17. The molecule has 2 N–H and O–H groups in total. The van der Waals surface area contributed by atoms with Gasteiger partial charge >= 0.3 is 0 Å². The van der Waals surface area contributed by atoms with Crippen LogP contribution >= 0.6 is 23.2 Å². The molecule has 0 aliphatic rings. The fourth-order valence-electron chi connectivity index (χ4n) is 1.62. The van der Waals surface area contributed by atoms with Gasteiger partial charge in [-0.15, -0.1) is 0 Å². The lowest BCUT2D eigenvalue weighted by Crippen LogP contribution is -1.98. The fourth-order valence-corrected chi connectivity index (χ4v) is 1.96. The Labute approximate surface area is 116 Å². The van der Waals surface area contributed by atoms with E-state index in [-0.39, 0.29) is 0 Å². The van der Waals surface area contributed by atoms with Crippen LogP contribution < -0.4 is 10.5 Å². The van der Waals surface area contributed by atoms with E-state index in [2.05, 4.69) is 0 Å². The minimum atomic E-state index is 0.448. The van der Waals surface area contributed by atoms with Crippen LogP contribution in [-0.4, -0.2) is 0 Å². The molecule has 94 valence electrons.